The Labute approximate surface area is 177 Å². The zero-order chi connectivity index (χ0) is 22.0. The number of rotatable bonds is 4. The van der Waals surface area contributed by atoms with Crippen LogP contribution in [0.1, 0.15) is 35.3 Å². The third kappa shape index (κ3) is 4.42. The predicted molar refractivity (Wildman–Crippen MR) is 113 cm³/mol. The summed E-state index contributed by atoms with van der Waals surface area (Å²) in [6.45, 7) is 1.37. The van der Waals surface area contributed by atoms with Gasteiger partial charge in [0.1, 0.15) is 17.0 Å². The molecule has 0 bridgehead atoms. The first-order valence-electron chi connectivity index (χ1n) is 10.1. The molecule has 2 heterocycles. The highest BCUT2D eigenvalue weighted by Crippen LogP contribution is 2.34. The molecule has 2 aromatic carbocycles. The normalized spacial score (nSPS) is 14.5. The molecule has 4 rings (SSSR count). The van der Waals surface area contributed by atoms with E-state index in [1.165, 1.54) is 19.2 Å². The Morgan fingerprint density at radius 3 is 2.42 bits per heavy atom. The van der Waals surface area contributed by atoms with Crippen molar-refractivity contribution in [1.29, 1.82) is 0 Å². The number of carbonyl (C=O) groups excluding carboxylic acids is 1. The zero-order valence-corrected chi connectivity index (χ0v) is 17.0. The quantitative estimate of drug-likeness (QED) is 0.584. The van der Waals surface area contributed by atoms with E-state index in [1.807, 2.05) is 6.07 Å². The minimum atomic E-state index is -4.40. The first kappa shape index (κ1) is 21.0. The molecular weight excluding hydrogens is 407 g/mol. The molecule has 1 aliphatic heterocycles. The molecule has 1 aromatic heterocycles. The smallest absolute Gasteiger partial charge is 0.416 e. The second kappa shape index (κ2) is 8.45. The van der Waals surface area contributed by atoms with Gasteiger partial charge in [-0.05, 0) is 55.7 Å². The molecular formula is C23H22F3N3O2. The number of nitrogens with one attached hydrogen (secondary N) is 1. The number of hydrogen-bond donors (Lipinski definition) is 1. The zero-order valence-electron chi connectivity index (χ0n) is 17.0. The Hall–Kier alpha value is -3.29. The van der Waals surface area contributed by atoms with Crippen molar-refractivity contribution in [2.75, 3.05) is 25.5 Å². The lowest BCUT2D eigenvalue weighted by atomic mass is 10.1. The number of benzene rings is 2. The Kier molecular flexibility index (Phi) is 5.71. The van der Waals surface area contributed by atoms with Gasteiger partial charge in [-0.25, -0.2) is 4.98 Å². The third-order valence-electron chi connectivity index (χ3n) is 5.38. The second-order valence-electron chi connectivity index (χ2n) is 7.46. The summed E-state index contributed by atoms with van der Waals surface area (Å²) in [7, 11) is 1.53. The number of piperidine rings is 1. The highest BCUT2D eigenvalue weighted by atomic mass is 19.4. The van der Waals surface area contributed by atoms with Crippen LogP contribution in [0, 0.1) is 0 Å². The van der Waals surface area contributed by atoms with Crippen molar-refractivity contribution in [3.05, 3.63) is 59.8 Å². The molecule has 31 heavy (non-hydrogen) atoms. The molecule has 0 radical (unpaired) electrons. The largest absolute Gasteiger partial charge is 0.494 e. The molecule has 0 saturated carbocycles. The number of nitrogens with zero attached hydrogens (tertiary/aromatic N) is 2. The van der Waals surface area contributed by atoms with Gasteiger partial charge in [0.05, 0.1) is 18.4 Å². The summed E-state index contributed by atoms with van der Waals surface area (Å²) in [6, 6.07) is 11.8. The van der Waals surface area contributed by atoms with Gasteiger partial charge in [-0.15, -0.1) is 0 Å². The number of para-hydroxylation sites is 1. The van der Waals surface area contributed by atoms with E-state index in [4.69, 9.17) is 4.74 Å². The molecule has 1 aliphatic rings. The molecule has 0 spiro atoms. The van der Waals surface area contributed by atoms with Crippen molar-refractivity contribution in [3.63, 3.8) is 0 Å². The lowest BCUT2D eigenvalue weighted by molar-refractivity contribution is -0.137. The minimum absolute atomic E-state index is 0.164. The Balaban J connectivity index is 1.75. The Morgan fingerprint density at radius 2 is 1.77 bits per heavy atom. The van der Waals surface area contributed by atoms with E-state index >= 15 is 0 Å². The van der Waals surface area contributed by atoms with Crippen LogP contribution < -0.4 is 10.1 Å². The summed E-state index contributed by atoms with van der Waals surface area (Å²) in [5.74, 6) is 0.351. The number of anilines is 2. The van der Waals surface area contributed by atoms with E-state index in [-0.39, 0.29) is 11.6 Å². The first-order chi connectivity index (χ1) is 14.9. The number of ether oxygens (including phenoxy) is 1. The van der Waals surface area contributed by atoms with Crippen LogP contribution in [0.25, 0.3) is 10.9 Å². The number of alkyl halides is 3. The number of pyridine rings is 1. The van der Waals surface area contributed by atoms with E-state index in [9.17, 15) is 18.0 Å². The van der Waals surface area contributed by atoms with Crippen LogP contribution in [0.3, 0.4) is 0 Å². The number of likely N-dealkylation sites (tertiary alicyclic amines) is 1. The third-order valence-corrected chi connectivity index (χ3v) is 5.38. The van der Waals surface area contributed by atoms with E-state index in [0.717, 1.165) is 31.4 Å². The van der Waals surface area contributed by atoms with Crippen molar-refractivity contribution < 1.29 is 22.7 Å². The number of methoxy groups -OCH3 is 1. The number of halogens is 3. The van der Waals surface area contributed by atoms with Gasteiger partial charge in [-0.2, -0.15) is 13.2 Å². The molecule has 3 aromatic rings. The molecule has 0 atom stereocenters. The topological polar surface area (TPSA) is 54.5 Å². The van der Waals surface area contributed by atoms with Crippen molar-refractivity contribution in [3.8, 4) is 5.75 Å². The standard InChI is InChI=1S/C23H22F3N3O2/c1-31-20-7-5-6-17-18(27-16-10-8-15(9-11-16)23(24,25)26)14-19(28-21(17)20)22(30)29-12-3-2-4-13-29/h5-11,14H,2-4,12-13H2,1H3,(H,27,28). The van der Waals surface area contributed by atoms with Gasteiger partial charge in [0, 0.05) is 24.2 Å². The first-order valence-corrected chi connectivity index (χ1v) is 10.1. The van der Waals surface area contributed by atoms with Crippen LogP contribution in [0.2, 0.25) is 0 Å². The minimum Gasteiger partial charge on any atom is -0.494 e. The average Bonchev–Trinajstić information content (AvgIpc) is 2.78. The average molecular weight is 429 g/mol. The van der Waals surface area contributed by atoms with Crippen molar-refractivity contribution >= 4 is 28.2 Å². The number of fused-ring (bicyclic) bond motifs is 1. The van der Waals surface area contributed by atoms with Crippen LogP contribution in [0.4, 0.5) is 24.5 Å². The van der Waals surface area contributed by atoms with Crippen LogP contribution >= 0.6 is 0 Å². The van der Waals surface area contributed by atoms with Gasteiger partial charge in [-0.3, -0.25) is 4.79 Å². The summed E-state index contributed by atoms with van der Waals surface area (Å²) in [4.78, 5) is 19.4. The van der Waals surface area contributed by atoms with Gasteiger partial charge in [0.15, 0.2) is 0 Å². The fraction of sp³-hybridized carbons (Fsp3) is 0.304. The second-order valence-corrected chi connectivity index (χ2v) is 7.46. The molecule has 0 unspecified atom stereocenters. The summed E-state index contributed by atoms with van der Waals surface area (Å²) in [5.41, 5.74) is 1.11. The van der Waals surface area contributed by atoms with Gasteiger partial charge in [-0.1, -0.05) is 12.1 Å². The van der Waals surface area contributed by atoms with Crippen LogP contribution in [-0.4, -0.2) is 36.0 Å². The predicted octanol–water partition coefficient (Wildman–Crippen LogP) is 5.63. The van der Waals surface area contributed by atoms with Gasteiger partial charge in [0.25, 0.3) is 5.91 Å². The highest BCUT2D eigenvalue weighted by Gasteiger charge is 2.30. The highest BCUT2D eigenvalue weighted by molar-refractivity contribution is 6.02. The van der Waals surface area contributed by atoms with Gasteiger partial charge in [0.2, 0.25) is 0 Å². The van der Waals surface area contributed by atoms with Crippen molar-refractivity contribution in [2.45, 2.75) is 25.4 Å². The molecule has 162 valence electrons. The Morgan fingerprint density at radius 1 is 1.06 bits per heavy atom. The molecule has 5 nitrogen and oxygen atoms in total. The summed E-state index contributed by atoms with van der Waals surface area (Å²) in [5, 5.41) is 3.84. The van der Waals surface area contributed by atoms with Crippen LogP contribution in [0.5, 0.6) is 5.75 Å². The van der Waals surface area contributed by atoms with E-state index in [1.54, 1.807) is 23.1 Å². The molecule has 1 fully saturated rings. The summed E-state index contributed by atoms with van der Waals surface area (Å²) < 4.78 is 44.0. The van der Waals surface area contributed by atoms with Crippen molar-refractivity contribution in [1.82, 2.24) is 9.88 Å². The fourth-order valence-corrected chi connectivity index (χ4v) is 3.76. The maximum Gasteiger partial charge on any atom is 0.416 e. The van der Waals surface area contributed by atoms with E-state index < -0.39 is 11.7 Å². The number of carbonyl (C=O) groups is 1. The molecule has 1 amide bonds. The molecule has 1 saturated heterocycles. The number of aromatic nitrogens is 1. The lowest BCUT2D eigenvalue weighted by Crippen LogP contribution is -2.36. The molecule has 8 heteroatoms. The van der Waals surface area contributed by atoms with E-state index in [2.05, 4.69) is 10.3 Å². The lowest BCUT2D eigenvalue weighted by Gasteiger charge is -2.26. The Bertz CT molecular complexity index is 1090. The van der Waals surface area contributed by atoms with E-state index in [0.29, 0.717) is 41.1 Å². The maximum absolute atomic E-state index is 13.1. The molecule has 0 aliphatic carbocycles. The molecule has 1 N–H and O–H groups in total. The van der Waals surface area contributed by atoms with Gasteiger partial charge >= 0.3 is 6.18 Å². The number of amides is 1. The maximum atomic E-state index is 13.1. The van der Waals surface area contributed by atoms with Gasteiger partial charge < -0.3 is 15.0 Å². The van der Waals surface area contributed by atoms with Crippen molar-refractivity contribution in [2.24, 2.45) is 0 Å². The SMILES string of the molecule is COc1cccc2c(Nc3ccc(C(F)(F)F)cc3)cc(C(=O)N3CCCCC3)nc12. The van der Waals surface area contributed by atoms with Crippen LogP contribution in [-0.2, 0) is 6.18 Å². The fourth-order valence-electron chi connectivity index (χ4n) is 3.76. The summed E-state index contributed by atoms with van der Waals surface area (Å²) >= 11 is 0. The number of hydrogen-bond acceptors (Lipinski definition) is 4. The monoisotopic (exact) mass is 429 g/mol. The van der Waals surface area contributed by atoms with Crippen LogP contribution in [0.15, 0.2) is 48.5 Å². The summed E-state index contributed by atoms with van der Waals surface area (Å²) in [6.07, 6.45) is -1.38.